The third-order valence-corrected chi connectivity index (χ3v) is 5.09. The SMILES string of the molecule is CC1CN(c2ccccc2CNCC2CCCC2O)CC(C)O1. The standard InChI is InChI=1S/C19H30N2O2/c1-14-12-21(13-15(2)23-14)18-8-4-3-6-16(18)10-20-11-17-7-5-9-19(17)22/h3-4,6,8,14-15,17,19-20,22H,5,7,9-13H2,1-2H3. The highest BCUT2D eigenvalue weighted by Crippen LogP contribution is 2.26. The molecule has 0 spiro atoms. The van der Waals surface area contributed by atoms with Crippen LogP contribution in [-0.2, 0) is 11.3 Å². The van der Waals surface area contributed by atoms with Crippen molar-refractivity contribution in [2.24, 2.45) is 5.92 Å². The van der Waals surface area contributed by atoms with E-state index in [1.54, 1.807) is 0 Å². The van der Waals surface area contributed by atoms with E-state index in [1.165, 1.54) is 11.3 Å². The van der Waals surface area contributed by atoms with Gasteiger partial charge in [-0.05, 0) is 44.2 Å². The highest BCUT2D eigenvalue weighted by atomic mass is 16.5. The lowest BCUT2D eigenvalue weighted by atomic mass is 10.1. The summed E-state index contributed by atoms with van der Waals surface area (Å²) >= 11 is 0. The van der Waals surface area contributed by atoms with E-state index in [1.807, 2.05) is 0 Å². The Morgan fingerprint density at radius 1 is 1.17 bits per heavy atom. The Morgan fingerprint density at radius 3 is 2.61 bits per heavy atom. The number of nitrogens with one attached hydrogen (secondary N) is 1. The lowest BCUT2D eigenvalue weighted by Crippen LogP contribution is -2.46. The molecule has 128 valence electrons. The molecule has 0 radical (unpaired) electrons. The molecule has 1 aliphatic carbocycles. The van der Waals surface area contributed by atoms with Crippen molar-refractivity contribution >= 4 is 5.69 Å². The van der Waals surface area contributed by atoms with E-state index in [-0.39, 0.29) is 18.3 Å². The zero-order valence-electron chi connectivity index (χ0n) is 14.4. The molecule has 0 amide bonds. The van der Waals surface area contributed by atoms with Crippen LogP contribution >= 0.6 is 0 Å². The largest absolute Gasteiger partial charge is 0.393 e. The maximum atomic E-state index is 9.94. The second-order valence-electron chi connectivity index (χ2n) is 7.18. The number of para-hydroxylation sites is 1. The maximum Gasteiger partial charge on any atom is 0.0726 e. The van der Waals surface area contributed by atoms with Crippen LogP contribution in [0.2, 0.25) is 0 Å². The molecule has 1 saturated carbocycles. The number of anilines is 1. The molecular formula is C19H30N2O2. The molecule has 2 fully saturated rings. The molecule has 0 bridgehead atoms. The topological polar surface area (TPSA) is 44.7 Å². The summed E-state index contributed by atoms with van der Waals surface area (Å²) < 4.78 is 5.85. The maximum absolute atomic E-state index is 9.94. The summed E-state index contributed by atoms with van der Waals surface area (Å²) in [6, 6.07) is 8.65. The molecule has 23 heavy (non-hydrogen) atoms. The Balaban J connectivity index is 1.61. The van der Waals surface area contributed by atoms with Crippen LogP contribution in [0, 0.1) is 5.92 Å². The number of nitrogens with zero attached hydrogens (tertiary/aromatic N) is 1. The minimum Gasteiger partial charge on any atom is -0.393 e. The summed E-state index contributed by atoms with van der Waals surface area (Å²) in [4.78, 5) is 2.44. The molecular weight excluding hydrogens is 288 g/mol. The van der Waals surface area contributed by atoms with Gasteiger partial charge < -0.3 is 20.1 Å². The van der Waals surface area contributed by atoms with Gasteiger partial charge in [-0.3, -0.25) is 0 Å². The van der Waals surface area contributed by atoms with E-state index in [2.05, 4.69) is 48.3 Å². The smallest absolute Gasteiger partial charge is 0.0726 e. The molecule has 4 nitrogen and oxygen atoms in total. The molecule has 1 aromatic rings. The molecule has 4 unspecified atom stereocenters. The second kappa shape index (κ2) is 7.65. The fourth-order valence-electron chi connectivity index (χ4n) is 3.99. The average Bonchev–Trinajstić information content (AvgIpc) is 2.92. The summed E-state index contributed by atoms with van der Waals surface area (Å²) in [6.45, 7) is 7.95. The van der Waals surface area contributed by atoms with E-state index in [0.717, 1.165) is 45.4 Å². The van der Waals surface area contributed by atoms with Crippen LogP contribution in [0.3, 0.4) is 0 Å². The lowest BCUT2D eigenvalue weighted by Gasteiger charge is -2.37. The molecule has 1 heterocycles. The van der Waals surface area contributed by atoms with Gasteiger partial charge in [0.1, 0.15) is 0 Å². The Hall–Kier alpha value is -1.10. The van der Waals surface area contributed by atoms with Gasteiger partial charge >= 0.3 is 0 Å². The Kier molecular flexibility index (Phi) is 5.57. The summed E-state index contributed by atoms with van der Waals surface area (Å²) in [5, 5.41) is 13.5. The molecule has 4 heteroatoms. The number of aliphatic hydroxyl groups is 1. The predicted octanol–water partition coefficient (Wildman–Crippen LogP) is 2.55. The van der Waals surface area contributed by atoms with Crippen LogP contribution in [0.15, 0.2) is 24.3 Å². The Morgan fingerprint density at radius 2 is 1.91 bits per heavy atom. The molecule has 1 aromatic carbocycles. The summed E-state index contributed by atoms with van der Waals surface area (Å²) in [5.74, 6) is 0.422. The van der Waals surface area contributed by atoms with Gasteiger partial charge in [0.25, 0.3) is 0 Å². The van der Waals surface area contributed by atoms with Crippen LogP contribution < -0.4 is 10.2 Å². The van der Waals surface area contributed by atoms with E-state index >= 15 is 0 Å². The number of benzene rings is 1. The van der Waals surface area contributed by atoms with Crippen molar-refractivity contribution < 1.29 is 9.84 Å². The van der Waals surface area contributed by atoms with Gasteiger partial charge in [0, 0.05) is 31.9 Å². The van der Waals surface area contributed by atoms with Gasteiger partial charge in [-0.25, -0.2) is 0 Å². The van der Waals surface area contributed by atoms with Gasteiger partial charge in [-0.1, -0.05) is 24.6 Å². The number of morpholine rings is 1. The fraction of sp³-hybridized carbons (Fsp3) is 0.684. The molecule has 4 atom stereocenters. The van der Waals surface area contributed by atoms with Crippen molar-refractivity contribution in [2.75, 3.05) is 24.5 Å². The van der Waals surface area contributed by atoms with Crippen LogP contribution in [-0.4, -0.2) is 43.1 Å². The molecule has 1 saturated heterocycles. The molecule has 2 N–H and O–H groups in total. The summed E-state index contributed by atoms with van der Waals surface area (Å²) in [6.07, 6.45) is 3.70. The van der Waals surface area contributed by atoms with Crippen molar-refractivity contribution in [1.29, 1.82) is 0 Å². The van der Waals surface area contributed by atoms with Crippen LogP contribution in [0.5, 0.6) is 0 Å². The third-order valence-electron chi connectivity index (χ3n) is 5.09. The zero-order chi connectivity index (χ0) is 16.2. The van der Waals surface area contributed by atoms with E-state index in [0.29, 0.717) is 5.92 Å². The second-order valence-corrected chi connectivity index (χ2v) is 7.18. The normalized spacial score (nSPS) is 31.5. The first-order chi connectivity index (χ1) is 11.1. The first-order valence-corrected chi connectivity index (χ1v) is 9.00. The summed E-state index contributed by atoms with van der Waals surface area (Å²) in [5.41, 5.74) is 2.65. The quantitative estimate of drug-likeness (QED) is 0.876. The molecule has 3 rings (SSSR count). The van der Waals surface area contributed by atoms with Crippen molar-refractivity contribution in [3.8, 4) is 0 Å². The Bertz CT molecular complexity index is 498. The first kappa shape index (κ1) is 16.7. The van der Waals surface area contributed by atoms with Crippen molar-refractivity contribution in [3.05, 3.63) is 29.8 Å². The number of hydrogen-bond acceptors (Lipinski definition) is 4. The number of rotatable bonds is 5. The predicted molar refractivity (Wildman–Crippen MR) is 93.7 cm³/mol. The third kappa shape index (κ3) is 4.25. The van der Waals surface area contributed by atoms with Gasteiger partial charge in [0.15, 0.2) is 0 Å². The van der Waals surface area contributed by atoms with Crippen LogP contribution in [0.1, 0.15) is 38.7 Å². The monoisotopic (exact) mass is 318 g/mol. The average molecular weight is 318 g/mol. The van der Waals surface area contributed by atoms with Crippen LogP contribution in [0.4, 0.5) is 5.69 Å². The Labute approximate surface area is 139 Å². The first-order valence-electron chi connectivity index (χ1n) is 9.00. The number of ether oxygens (including phenoxy) is 1. The van der Waals surface area contributed by atoms with Gasteiger partial charge in [-0.15, -0.1) is 0 Å². The van der Waals surface area contributed by atoms with Crippen molar-refractivity contribution in [2.45, 2.75) is 58.0 Å². The van der Waals surface area contributed by atoms with Crippen molar-refractivity contribution in [3.63, 3.8) is 0 Å². The van der Waals surface area contributed by atoms with Gasteiger partial charge in [0.05, 0.1) is 18.3 Å². The van der Waals surface area contributed by atoms with Crippen molar-refractivity contribution in [1.82, 2.24) is 5.32 Å². The minimum absolute atomic E-state index is 0.112. The molecule has 2 aliphatic rings. The van der Waals surface area contributed by atoms with Gasteiger partial charge in [-0.2, -0.15) is 0 Å². The minimum atomic E-state index is -0.112. The summed E-state index contributed by atoms with van der Waals surface area (Å²) in [7, 11) is 0. The molecule has 0 aromatic heterocycles. The van der Waals surface area contributed by atoms with Gasteiger partial charge in [0.2, 0.25) is 0 Å². The number of hydrogen-bond donors (Lipinski definition) is 2. The van der Waals surface area contributed by atoms with E-state index in [4.69, 9.17) is 4.74 Å². The zero-order valence-corrected chi connectivity index (χ0v) is 14.4. The highest BCUT2D eigenvalue weighted by Gasteiger charge is 2.25. The van der Waals surface area contributed by atoms with Crippen LogP contribution in [0.25, 0.3) is 0 Å². The van der Waals surface area contributed by atoms with E-state index in [9.17, 15) is 5.11 Å². The van der Waals surface area contributed by atoms with E-state index < -0.39 is 0 Å². The number of aliphatic hydroxyl groups excluding tert-OH is 1. The fourth-order valence-corrected chi connectivity index (χ4v) is 3.99. The molecule has 1 aliphatic heterocycles. The lowest BCUT2D eigenvalue weighted by molar-refractivity contribution is -0.00526. The highest BCUT2D eigenvalue weighted by molar-refractivity contribution is 5.54.